The van der Waals surface area contributed by atoms with E-state index in [1.54, 1.807) is 18.4 Å². The quantitative estimate of drug-likeness (QED) is 0.669. The van der Waals surface area contributed by atoms with E-state index in [1.165, 1.54) is 0 Å². The van der Waals surface area contributed by atoms with Crippen molar-refractivity contribution in [1.82, 2.24) is 0 Å². The summed E-state index contributed by atoms with van der Waals surface area (Å²) in [6.45, 7) is 1.32. The molecule has 0 amide bonds. The summed E-state index contributed by atoms with van der Waals surface area (Å²) in [7, 11) is 0. The summed E-state index contributed by atoms with van der Waals surface area (Å²) in [5.41, 5.74) is 5.21. The van der Waals surface area contributed by atoms with Crippen LogP contribution in [0.3, 0.4) is 0 Å². The van der Waals surface area contributed by atoms with Crippen molar-refractivity contribution in [2.75, 3.05) is 6.61 Å². The number of aromatic carboxylic acids is 1. The maximum Gasteiger partial charge on any atom is 0.346 e. The van der Waals surface area contributed by atoms with Crippen molar-refractivity contribution < 1.29 is 15.0 Å². The number of hydrogen-bond donors (Lipinski definition) is 3. The van der Waals surface area contributed by atoms with Gasteiger partial charge in [0.05, 0.1) is 12.1 Å². The van der Waals surface area contributed by atoms with Crippen molar-refractivity contribution in [3.63, 3.8) is 0 Å². The molecule has 0 fully saturated rings. The first kappa shape index (κ1) is 10.2. The number of aliphatic hydroxyl groups is 1. The molecule has 1 aromatic heterocycles. The number of carboxylic acid groups (broad SMARTS) is 1. The van der Waals surface area contributed by atoms with Crippen LogP contribution in [-0.4, -0.2) is 22.8 Å². The molecule has 4 N–H and O–H groups in total. The average molecular weight is 201 g/mol. The lowest BCUT2D eigenvalue weighted by Crippen LogP contribution is -2.37. The molecule has 0 aromatic carbocycles. The highest BCUT2D eigenvalue weighted by atomic mass is 32.1. The van der Waals surface area contributed by atoms with Crippen LogP contribution in [0.5, 0.6) is 0 Å². The summed E-state index contributed by atoms with van der Waals surface area (Å²) in [4.78, 5) is 10.9. The minimum absolute atomic E-state index is 0.194. The van der Waals surface area contributed by atoms with Gasteiger partial charge >= 0.3 is 5.97 Å². The number of carboxylic acids is 1. The minimum atomic E-state index is -1.00. The first-order valence-electron chi connectivity index (χ1n) is 3.70. The Morgan fingerprint density at radius 3 is 2.85 bits per heavy atom. The molecule has 5 heteroatoms. The number of nitrogens with two attached hydrogens (primary N) is 1. The van der Waals surface area contributed by atoms with Crippen LogP contribution in [0, 0.1) is 0 Å². The Morgan fingerprint density at radius 1 is 1.77 bits per heavy atom. The Labute approximate surface area is 79.6 Å². The summed E-state index contributed by atoms with van der Waals surface area (Å²) >= 11 is 1.11. The van der Waals surface area contributed by atoms with Crippen molar-refractivity contribution in [1.29, 1.82) is 0 Å². The zero-order valence-electron chi connectivity index (χ0n) is 7.15. The molecular weight excluding hydrogens is 190 g/mol. The van der Waals surface area contributed by atoms with E-state index >= 15 is 0 Å². The Balaban J connectivity index is 3.14. The van der Waals surface area contributed by atoms with E-state index < -0.39 is 11.5 Å². The molecule has 0 saturated carbocycles. The molecule has 1 heterocycles. The lowest BCUT2D eigenvalue weighted by Gasteiger charge is -2.21. The van der Waals surface area contributed by atoms with Crippen molar-refractivity contribution in [2.45, 2.75) is 12.5 Å². The lowest BCUT2D eigenvalue weighted by atomic mass is 9.95. The Bertz CT molecular complexity index is 319. The molecule has 1 atom stereocenters. The van der Waals surface area contributed by atoms with Crippen molar-refractivity contribution in [3.05, 3.63) is 21.9 Å². The third kappa shape index (κ3) is 1.88. The van der Waals surface area contributed by atoms with Gasteiger partial charge in [-0.15, -0.1) is 11.3 Å². The maximum atomic E-state index is 10.7. The van der Waals surface area contributed by atoms with Gasteiger partial charge in [0, 0.05) is 0 Å². The molecule has 1 aromatic rings. The Kier molecular flexibility index (Phi) is 2.70. The summed E-state index contributed by atoms with van der Waals surface area (Å²) in [5.74, 6) is -1.00. The summed E-state index contributed by atoms with van der Waals surface area (Å²) < 4.78 is 0. The second-order valence-electron chi connectivity index (χ2n) is 3.04. The molecule has 0 saturated heterocycles. The third-order valence-corrected chi connectivity index (χ3v) is 2.71. The van der Waals surface area contributed by atoms with E-state index in [9.17, 15) is 4.79 Å². The van der Waals surface area contributed by atoms with Crippen molar-refractivity contribution in [2.24, 2.45) is 5.73 Å². The van der Waals surface area contributed by atoms with Gasteiger partial charge in [-0.1, -0.05) is 0 Å². The fourth-order valence-electron chi connectivity index (χ4n) is 1.01. The van der Waals surface area contributed by atoms with Crippen LogP contribution in [-0.2, 0) is 5.54 Å². The van der Waals surface area contributed by atoms with E-state index in [4.69, 9.17) is 15.9 Å². The van der Waals surface area contributed by atoms with Gasteiger partial charge in [0.25, 0.3) is 0 Å². The van der Waals surface area contributed by atoms with Crippen LogP contribution in [0.25, 0.3) is 0 Å². The molecule has 0 aliphatic carbocycles. The van der Waals surface area contributed by atoms with Crippen LogP contribution in [0.15, 0.2) is 11.4 Å². The summed E-state index contributed by atoms with van der Waals surface area (Å²) in [6, 6.07) is 1.63. The predicted molar refractivity (Wildman–Crippen MR) is 49.9 cm³/mol. The van der Waals surface area contributed by atoms with E-state index in [-0.39, 0.29) is 11.5 Å². The maximum absolute atomic E-state index is 10.7. The molecule has 4 nitrogen and oxygen atoms in total. The van der Waals surface area contributed by atoms with Crippen LogP contribution < -0.4 is 5.73 Å². The first-order valence-corrected chi connectivity index (χ1v) is 4.58. The van der Waals surface area contributed by atoms with Crippen LogP contribution in [0.2, 0.25) is 0 Å². The molecule has 0 aliphatic heterocycles. The zero-order valence-corrected chi connectivity index (χ0v) is 7.97. The molecule has 0 aliphatic rings. The van der Waals surface area contributed by atoms with Crippen molar-refractivity contribution in [3.8, 4) is 0 Å². The molecule has 13 heavy (non-hydrogen) atoms. The van der Waals surface area contributed by atoms with E-state index in [1.807, 2.05) is 0 Å². The second-order valence-corrected chi connectivity index (χ2v) is 3.96. The average Bonchev–Trinajstić information content (AvgIpc) is 2.52. The van der Waals surface area contributed by atoms with Gasteiger partial charge in [0.2, 0.25) is 0 Å². The number of carbonyl (C=O) groups is 1. The fraction of sp³-hybridized carbons (Fsp3) is 0.375. The van der Waals surface area contributed by atoms with Crippen LogP contribution in [0.1, 0.15) is 22.2 Å². The van der Waals surface area contributed by atoms with Crippen LogP contribution >= 0.6 is 11.3 Å². The highest BCUT2D eigenvalue weighted by molar-refractivity contribution is 7.12. The smallest absolute Gasteiger partial charge is 0.346 e. The van der Waals surface area contributed by atoms with Gasteiger partial charge < -0.3 is 15.9 Å². The molecule has 0 bridgehead atoms. The normalized spacial score (nSPS) is 15.3. The molecule has 0 unspecified atom stereocenters. The monoisotopic (exact) mass is 201 g/mol. The summed E-state index contributed by atoms with van der Waals surface area (Å²) in [5, 5.41) is 19.4. The predicted octanol–water partition coefficient (Wildman–Crippen LogP) is 0.613. The van der Waals surface area contributed by atoms with Gasteiger partial charge in [-0.05, 0) is 23.9 Å². The highest BCUT2D eigenvalue weighted by Crippen LogP contribution is 2.26. The van der Waals surface area contributed by atoms with Gasteiger partial charge in [-0.25, -0.2) is 4.79 Å². The van der Waals surface area contributed by atoms with Crippen molar-refractivity contribution >= 4 is 17.3 Å². The standard InChI is InChI=1S/C8H11NO3S/c1-8(9,4-10)5-2-3-13-6(5)7(11)12/h2-3,10H,4,9H2,1H3,(H,11,12)/t8-/m0/s1. The number of rotatable bonds is 3. The number of hydrogen-bond acceptors (Lipinski definition) is 4. The molecule has 0 spiro atoms. The lowest BCUT2D eigenvalue weighted by molar-refractivity contribution is 0.0698. The largest absolute Gasteiger partial charge is 0.477 e. The fourth-order valence-corrected chi connectivity index (χ4v) is 1.88. The first-order chi connectivity index (χ1) is 5.99. The minimum Gasteiger partial charge on any atom is -0.477 e. The van der Waals surface area contributed by atoms with Crippen LogP contribution in [0.4, 0.5) is 0 Å². The zero-order chi connectivity index (χ0) is 10.1. The van der Waals surface area contributed by atoms with Gasteiger partial charge in [0.1, 0.15) is 4.88 Å². The SMILES string of the molecule is C[C@](N)(CO)c1ccsc1C(=O)O. The van der Waals surface area contributed by atoms with E-state index in [0.717, 1.165) is 11.3 Å². The highest BCUT2D eigenvalue weighted by Gasteiger charge is 2.26. The Morgan fingerprint density at radius 2 is 2.38 bits per heavy atom. The van der Waals surface area contributed by atoms with Gasteiger partial charge in [0.15, 0.2) is 0 Å². The molecular formula is C8H11NO3S. The number of thiophene rings is 1. The molecule has 0 radical (unpaired) electrons. The summed E-state index contributed by atoms with van der Waals surface area (Å²) in [6.07, 6.45) is 0. The van der Waals surface area contributed by atoms with Gasteiger partial charge in [-0.2, -0.15) is 0 Å². The Hall–Kier alpha value is -0.910. The molecule has 72 valence electrons. The third-order valence-electron chi connectivity index (χ3n) is 1.80. The molecule has 1 rings (SSSR count). The topological polar surface area (TPSA) is 83.5 Å². The second kappa shape index (κ2) is 3.45. The van der Waals surface area contributed by atoms with E-state index in [0.29, 0.717) is 5.56 Å². The number of aliphatic hydroxyl groups excluding tert-OH is 1. The van der Waals surface area contributed by atoms with E-state index in [2.05, 4.69) is 0 Å². The van der Waals surface area contributed by atoms with Gasteiger partial charge in [-0.3, -0.25) is 0 Å².